The van der Waals surface area contributed by atoms with E-state index >= 15 is 0 Å². The van der Waals surface area contributed by atoms with E-state index in [2.05, 4.69) is 42.0 Å². The highest BCUT2D eigenvalue weighted by atomic mass is 16.6. The minimum Gasteiger partial charge on any atom is -0.463 e. The lowest BCUT2D eigenvalue weighted by atomic mass is 9.76. The zero-order valence-electron chi connectivity index (χ0n) is 28.7. The maximum absolute atomic E-state index is 13.1. The Morgan fingerprint density at radius 2 is 1.84 bits per heavy atom. The zero-order chi connectivity index (χ0) is 32.9. The minimum absolute atomic E-state index is 0. The Morgan fingerprint density at radius 1 is 1.11 bits per heavy atom. The van der Waals surface area contributed by atoms with Crippen LogP contribution in [0.5, 0.6) is 0 Å². The summed E-state index contributed by atoms with van der Waals surface area (Å²) in [5.74, 6) is -0.208. The summed E-state index contributed by atoms with van der Waals surface area (Å²) in [7, 11) is 0. The summed E-state index contributed by atoms with van der Waals surface area (Å²) < 4.78 is 10.9. The van der Waals surface area contributed by atoms with Crippen molar-refractivity contribution < 1.29 is 30.7 Å². The topological polar surface area (TPSA) is 121 Å². The van der Waals surface area contributed by atoms with Crippen molar-refractivity contribution in [2.75, 3.05) is 26.2 Å². The van der Waals surface area contributed by atoms with E-state index in [-0.39, 0.29) is 31.9 Å². The van der Waals surface area contributed by atoms with Crippen LogP contribution in [0.25, 0.3) is 0 Å². The maximum Gasteiger partial charge on any atom is 0.319 e. The first-order chi connectivity index (χ1) is 20.6. The molecule has 0 aliphatic carbocycles. The lowest BCUT2D eigenvalue weighted by molar-refractivity contribution is -0.169. The number of carbonyl (C=O) groups excluding carboxylic acids is 2. The number of pyridine rings is 1. The molecule has 2 fully saturated rings. The Balaban J connectivity index is 0.000000866. The largest absolute Gasteiger partial charge is 0.463 e. The Morgan fingerprint density at radius 3 is 2.45 bits per heavy atom. The summed E-state index contributed by atoms with van der Waals surface area (Å²) >= 11 is 0. The number of Topliss-reactive ketones (excluding diaryl/α,β-unsaturated/α-hetero) is 1. The minimum atomic E-state index is -1.24. The van der Waals surface area contributed by atoms with Gasteiger partial charge >= 0.3 is 5.97 Å². The van der Waals surface area contributed by atoms with Gasteiger partial charge in [-0.15, -0.1) is 0 Å². The molecule has 0 radical (unpaired) electrons. The van der Waals surface area contributed by atoms with Gasteiger partial charge in [0.15, 0.2) is 12.1 Å². The average Bonchev–Trinajstić information content (AvgIpc) is 2.92. The maximum atomic E-state index is 13.1. The van der Waals surface area contributed by atoms with Gasteiger partial charge in [-0.3, -0.25) is 19.5 Å². The quantitative estimate of drug-likeness (QED) is 0.200. The molecular formula is C35H63N3O6. The molecule has 0 spiro atoms. The fourth-order valence-corrected chi connectivity index (χ4v) is 6.79. The Hall–Kier alpha value is -1.91. The molecule has 44 heavy (non-hydrogen) atoms. The van der Waals surface area contributed by atoms with Gasteiger partial charge in [-0.1, -0.05) is 33.8 Å². The van der Waals surface area contributed by atoms with Gasteiger partial charge in [-0.25, -0.2) is 0 Å². The Kier molecular flexibility index (Phi) is 15.9. The second-order valence-electron chi connectivity index (χ2n) is 14.3. The molecule has 2 saturated heterocycles. The molecule has 3 N–H and O–H groups in total. The third kappa shape index (κ3) is 13.2. The van der Waals surface area contributed by atoms with Gasteiger partial charge in [-0.05, 0) is 103 Å². The van der Waals surface area contributed by atoms with Gasteiger partial charge in [0, 0.05) is 45.3 Å². The third-order valence-corrected chi connectivity index (χ3v) is 8.76. The molecule has 1 aromatic rings. The molecule has 1 aromatic heterocycles. The molecule has 2 aliphatic rings. The first-order valence-corrected chi connectivity index (χ1v) is 16.8. The third-order valence-electron chi connectivity index (χ3n) is 8.76. The molecule has 3 rings (SSSR count). The van der Waals surface area contributed by atoms with Crippen molar-refractivity contribution in [3.05, 3.63) is 30.1 Å². The molecule has 3 heterocycles. The molecule has 0 saturated carbocycles. The summed E-state index contributed by atoms with van der Waals surface area (Å²) in [5.41, 5.74) is -1.05. The average molecular weight is 622 g/mol. The van der Waals surface area contributed by atoms with E-state index in [0.717, 1.165) is 63.8 Å². The van der Waals surface area contributed by atoms with Crippen LogP contribution >= 0.6 is 0 Å². The number of nitrogens with one attached hydrogen (secondary N) is 1. The molecule has 254 valence electrons. The number of esters is 1. The van der Waals surface area contributed by atoms with E-state index in [0.29, 0.717) is 18.8 Å². The van der Waals surface area contributed by atoms with Crippen LogP contribution in [0.2, 0.25) is 0 Å². The molecular weight excluding hydrogens is 558 g/mol. The molecule has 9 nitrogen and oxygen atoms in total. The van der Waals surface area contributed by atoms with Crippen molar-refractivity contribution in [2.24, 2.45) is 23.2 Å². The normalized spacial score (nSPS) is 32.3. The molecule has 2 aliphatic heterocycles. The number of aromatic nitrogens is 1. The number of aliphatic hydroxyl groups excluding tert-OH is 1. The number of aliphatic hydroxyl groups is 2. The number of cyclic esters (lactones) is 1. The number of carbonyl (C=O) groups is 2. The van der Waals surface area contributed by atoms with Crippen LogP contribution in [0, 0.1) is 23.2 Å². The van der Waals surface area contributed by atoms with Crippen LogP contribution in [-0.4, -0.2) is 82.1 Å². The highest BCUT2D eigenvalue weighted by molar-refractivity contribution is 6.03. The molecule has 0 bridgehead atoms. The van der Waals surface area contributed by atoms with Gasteiger partial charge in [-0.2, -0.15) is 0 Å². The van der Waals surface area contributed by atoms with Crippen molar-refractivity contribution in [1.29, 1.82) is 0 Å². The molecule has 7 atom stereocenters. The van der Waals surface area contributed by atoms with Crippen LogP contribution in [0.4, 0.5) is 0 Å². The molecule has 0 unspecified atom stereocenters. The second-order valence-corrected chi connectivity index (χ2v) is 14.3. The summed E-state index contributed by atoms with van der Waals surface area (Å²) in [6, 6.07) is 4.06. The van der Waals surface area contributed by atoms with E-state index < -0.39 is 29.2 Å². The number of hydrogen-bond acceptors (Lipinski definition) is 9. The number of hydrogen-bond donors (Lipinski definition) is 3. The lowest BCUT2D eigenvalue weighted by Crippen LogP contribution is -2.44. The van der Waals surface area contributed by atoms with Crippen molar-refractivity contribution in [3.8, 4) is 0 Å². The Labute approximate surface area is 268 Å². The SMILES string of the molecule is CCCN1C[C@H](C)C[C@@](C)(O)C[C@@H](C)C(=O)C(C)(C)C(=O)OC[C@H]1CCCNCc1cccnc1.C[C@H]1C[C@@H](C)O[C@@H](O)C1.[HH]. The van der Waals surface area contributed by atoms with Crippen molar-refractivity contribution in [2.45, 2.75) is 131 Å². The van der Waals surface area contributed by atoms with Gasteiger partial charge in [0.05, 0.1) is 11.7 Å². The molecule has 0 aromatic carbocycles. The van der Waals surface area contributed by atoms with Crippen LogP contribution in [-0.2, 0) is 25.6 Å². The van der Waals surface area contributed by atoms with Crippen molar-refractivity contribution in [3.63, 3.8) is 0 Å². The van der Waals surface area contributed by atoms with Crippen molar-refractivity contribution in [1.82, 2.24) is 15.2 Å². The smallest absolute Gasteiger partial charge is 0.319 e. The van der Waals surface area contributed by atoms with Gasteiger partial charge in [0.1, 0.15) is 12.0 Å². The fourth-order valence-electron chi connectivity index (χ4n) is 6.79. The highest BCUT2D eigenvalue weighted by Crippen LogP contribution is 2.32. The molecule has 9 heteroatoms. The molecule has 0 amide bonds. The number of ether oxygens (including phenoxy) is 2. The number of nitrogens with zero attached hydrogens (tertiary/aromatic N) is 2. The Bertz CT molecular complexity index is 970. The summed E-state index contributed by atoms with van der Waals surface area (Å²) in [6.45, 7) is 19.0. The van der Waals surface area contributed by atoms with E-state index in [1.165, 1.54) is 0 Å². The summed E-state index contributed by atoms with van der Waals surface area (Å²) in [4.78, 5) is 32.7. The standard InChI is InChI=1S/C28H47N3O4.C7H14O2.H2/c1-7-14-31-19-21(2)15-28(6,34)16-22(3)25(32)27(4,5)26(33)35-20-24(31)11-9-13-30-18-23-10-8-12-29-17-23;1-5-3-6(2)9-7(8)4-5;/h8,10,12,17,21-22,24,30,34H,7,9,11,13-16,18-20H2,1-6H3;5-8H,3-4H2,1-2H3;1H/t21-,22-,24-,28-;5-,6+,7+;/m10./s1. The first-order valence-electron chi connectivity index (χ1n) is 16.8. The van der Waals surface area contributed by atoms with E-state index in [4.69, 9.17) is 14.6 Å². The van der Waals surface area contributed by atoms with E-state index in [1.807, 2.05) is 26.1 Å². The van der Waals surface area contributed by atoms with Crippen LogP contribution < -0.4 is 5.32 Å². The number of rotatable bonds is 8. The monoisotopic (exact) mass is 621 g/mol. The number of ketones is 1. The lowest BCUT2D eigenvalue weighted by Gasteiger charge is -2.35. The highest BCUT2D eigenvalue weighted by Gasteiger charge is 2.42. The van der Waals surface area contributed by atoms with Gasteiger partial charge in [0.25, 0.3) is 0 Å². The van der Waals surface area contributed by atoms with E-state index in [9.17, 15) is 14.7 Å². The second kappa shape index (κ2) is 18.3. The van der Waals surface area contributed by atoms with Crippen LogP contribution in [0.3, 0.4) is 0 Å². The van der Waals surface area contributed by atoms with Gasteiger partial charge < -0.3 is 25.0 Å². The van der Waals surface area contributed by atoms with E-state index in [1.54, 1.807) is 27.0 Å². The first kappa shape index (κ1) is 38.3. The van der Waals surface area contributed by atoms with Crippen LogP contribution in [0.1, 0.15) is 107 Å². The fraction of sp³-hybridized carbons (Fsp3) is 0.800. The van der Waals surface area contributed by atoms with Crippen LogP contribution in [0.15, 0.2) is 24.5 Å². The van der Waals surface area contributed by atoms with Gasteiger partial charge in [0.2, 0.25) is 0 Å². The zero-order valence-corrected chi connectivity index (χ0v) is 28.7. The van der Waals surface area contributed by atoms with Crippen molar-refractivity contribution >= 4 is 11.8 Å². The predicted molar refractivity (Wildman–Crippen MR) is 176 cm³/mol. The summed E-state index contributed by atoms with van der Waals surface area (Å²) in [6.07, 6.45) is 9.00. The summed E-state index contributed by atoms with van der Waals surface area (Å²) in [5, 5.41) is 23.6. The predicted octanol–water partition coefficient (Wildman–Crippen LogP) is 5.37.